The average molecular weight is 583 g/mol. The van der Waals surface area contributed by atoms with Crippen LogP contribution in [0.3, 0.4) is 0 Å². The number of carbonyl (C=O) groups is 1. The number of aromatic nitrogens is 1. The number of thiophene rings is 2. The Morgan fingerprint density at radius 1 is 0.917 bits per heavy atom. The van der Waals surface area contributed by atoms with E-state index in [2.05, 4.69) is 57.3 Å². The molecule has 3 aromatic heterocycles. The van der Waals surface area contributed by atoms with Gasteiger partial charge in [-0.2, -0.15) is 0 Å². The minimum atomic E-state index is -0.538. The first-order chi connectivity index (χ1) is 11.2. The van der Waals surface area contributed by atoms with Gasteiger partial charge in [0.25, 0.3) is 0 Å². The van der Waals surface area contributed by atoms with Gasteiger partial charge in [-0.15, -0.1) is 22.7 Å². The van der Waals surface area contributed by atoms with Gasteiger partial charge in [0.2, 0.25) is 0 Å². The molecule has 0 saturated heterocycles. The van der Waals surface area contributed by atoms with E-state index in [-0.39, 0.29) is 6.09 Å². The van der Waals surface area contributed by atoms with E-state index in [9.17, 15) is 4.79 Å². The van der Waals surface area contributed by atoms with Crippen LogP contribution in [0.2, 0.25) is 0 Å². The maximum atomic E-state index is 12.9. The Hall–Kier alpha value is -0.390. The SMILES string of the molecule is CC(C)(C)OC(=O)n1c(-c2ccc(I)s2)ccc1-c1ccc(I)s1. The molecule has 24 heavy (non-hydrogen) atoms. The van der Waals surface area contributed by atoms with Gasteiger partial charge in [-0.3, -0.25) is 0 Å². The number of carbonyl (C=O) groups excluding carboxylic acids is 1. The third-order valence-electron chi connectivity index (χ3n) is 3.11. The standard InChI is InChI=1S/C17H15I2NO2S2/c1-17(2,3)22-16(21)20-10(12-6-8-14(18)23-12)4-5-11(20)13-7-9-15(19)24-13/h4-9H,1-3H3. The van der Waals surface area contributed by atoms with Crippen LogP contribution in [0.15, 0.2) is 36.4 Å². The van der Waals surface area contributed by atoms with E-state index in [4.69, 9.17) is 4.74 Å². The van der Waals surface area contributed by atoms with Crippen LogP contribution in [0, 0.1) is 5.77 Å². The first kappa shape index (κ1) is 18.4. The molecule has 0 fully saturated rings. The van der Waals surface area contributed by atoms with E-state index in [0.717, 1.165) is 21.1 Å². The van der Waals surface area contributed by atoms with Crippen LogP contribution in [0.5, 0.6) is 0 Å². The minimum absolute atomic E-state index is 0.343. The lowest BCUT2D eigenvalue weighted by molar-refractivity contribution is 0.0543. The number of rotatable bonds is 2. The van der Waals surface area contributed by atoms with Crippen molar-refractivity contribution in [2.75, 3.05) is 0 Å². The third-order valence-corrected chi connectivity index (χ3v) is 6.94. The largest absolute Gasteiger partial charge is 0.443 e. The predicted octanol–water partition coefficient (Wildman–Crippen LogP) is 6.94. The van der Waals surface area contributed by atoms with Crippen molar-refractivity contribution < 1.29 is 9.53 Å². The number of ether oxygens (including phenoxy) is 1. The van der Waals surface area contributed by atoms with Crippen LogP contribution in [-0.4, -0.2) is 16.3 Å². The van der Waals surface area contributed by atoms with Crippen LogP contribution < -0.4 is 0 Å². The molecule has 0 aliphatic heterocycles. The predicted molar refractivity (Wildman–Crippen MR) is 118 cm³/mol. The van der Waals surface area contributed by atoms with Crippen LogP contribution >= 0.6 is 67.9 Å². The molecule has 0 unspecified atom stereocenters. The minimum Gasteiger partial charge on any atom is -0.443 e. The second-order valence-electron chi connectivity index (χ2n) is 6.13. The Morgan fingerprint density at radius 2 is 1.38 bits per heavy atom. The molecular formula is C17H15I2NO2S2. The van der Waals surface area contributed by atoms with Crippen LogP contribution in [0.4, 0.5) is 4.79 Å². The van der Waals surface area contributed by atoms with Gasteiger partial charge < -0.3 is 4.74 Å². The average Bonchev–Trinajstić information content (AvgIpc) is 3.14. The molecule has 126 valence electrons. The van der Waals surface area contributed by atoms with E-state index in [1.807, 2.05) is 45.0 Å². The monoisotopic (exact) mass is 583 g/mol. The fourth-order valence-electron chi connectivity index (χ4n) is 2.23. The van der Waals surface area contributed by atoms with E-state index in [1.54, 1.807) is 27.2 Å². The van der Waals surface area contributed by atoms with Gasteiger partial charge in [-0.1, -0.05) is 0 Å². The molecule has 0 atom stereocenters. The molecule has 0 saturated carbocycles. The van der Waals surface area contributed by atoms with E-state index in [1.165, 1.54) is 5.77 Å². The summed E-state index contributed by atoms with van der Waals surface area (Å²) in [6.45, 7) is 5.65. The first-order valence-electron chi connectivity index (χ1n) is 7.21. The van der Waals surface area contributed by atoms with Gasteiger partial charge >= 0.3 is 6.09 Å². The lowest BCUT2D eigenvalue weighted by Crippen LogP contribution is -2.27. The molecule has 0 radical (unpaired) electrons. The number of halogens is 2. The van der Waals surface area contributed by atoms with Crippen molar-refractivity contribution in [2.24, 2.45) is 0 Å². The summed E-state index contributed by atoms with van der Waals surface area (Å²) in [5, 5.41) is 0. The molecule has 3 rings (SSSR count). The molecule has 7 heteroatoms. The molecule has 0 spiro atoms. The van der Waals surface area contributed by atoms with Crippen LogP contribution in [0.25, 0.3) is 21.1 Å². The topological polar surface area (TPSA) is 31.2 Å². The zero-order chi connectivity index (χ0) is 17.5. The lowest BCUT2D eigenvalue weighted by Gasteiger charge is -2.21. The van der Waals surface area contributed by atoms with Gasteiger partial charge in [0.1, 0.15) is 5.60 Å². The number of hydrogen-bond donors (Lipinski definition) is 0. The van der Waals surface area contributed by atoms with Crippen molar-refractivity contribution in [2.45, 2.75) is 26.4 Å². The summed E-state index contributed by atoms with van der Waals surface area (Å²) < 4.78 is 9.71. The molecule has 0 bridgehead atoms. The summed E-state index contributed by atoms with van der Waals surface area (Å²) >= 11 is 7.92. The molecule has 3 heterocycles. The molecule has 0 aliphatic rings. The second-order valence-corrected chi connectivity index (χ2v) is 12.1. The highest BCUT2D eigenvalue weighted by Crippen LogP contribution is 2.36. The Bertz CT molecular complexity index is 829. The summed E-state index contributed by atoms with van der Waals surface area (Å²) in [6.07, 6.45) is -0.343. The number of hydrogen-bond acceptors (Lipinski definition) is 4. The Balaban J connectivity index is 2.13. The fraction of sp³-hybridized carbons (Fsp3) is 0.235. The quantitative estimate of drug-likeness (QED) is 0.307. The summed E-state index contributed by atoms with van der Waals surface area (Å²) in [7, 11) is 0. The zero-order valence-electron chi connectivity index (χ0n) is 13.3. The molecule has 3 aromatic rings. The first-order valence-corrected chi connectivity index (χ1v) is 11.0. The smallest absolute Gasteiger partial charge is 0.419 e. The molecule has 0 aromatic carbocycles. The van der Waals surface area contributed by atoms with Crippen LogP contribution in [0.1, 0.15) is 20.8 Å². The maximum absolute atomic E-state index is 12.9. The lowest BCUT2D eigenvalue weighted by atomic mass is 10.2. The van der Waals surface area contributed by atoms with Crippen molar-refractivity contribution in [1.82, 2.24) is 4.57 Å². The number of nitrogens with zero attached hydrogens (tertiary/aromatic N) is 1. The summed E-state index contributed by atoms with van der Waals surface area (Å²) in [5.41, 5.74) is 1.20. The van der Waals surface area contributed by atoms with E-state index >= 15 is 0 Å². The van der Waals surface area contributed by atoms with Gasteiger partial charge in [-0.25, -0.2) is 9.36 Å². The van der Waals surface area contributed by atoms with Crippen molar-refractivity contribution in [3.63, 3.8) is 0 Å². The van der Waals surface area contributed by atoms with Crippen molar-refractivity contribution >= 4 is 73.9 Å². The molecule has 0 aliphatic carbocycles. The highest BCUT2D eigenvalue weighted by atomic mass is 127. The van der Waals surface area contributed by atoms with Crippen molar-refractivity contribution in [3.05, 3.63) is 42.2 Å². The highest BCUT2D eigenvalue weighted by molar-refractivity contribution is 14.1. The molecular weight excluding hydrogens is 568 g/mol. The van der Waals surface area contributed by atoms with Gasteiger partial charge in [0, 0.05) is 0 Å². The van der Waals surface area contributed by atoms with Crippen molar-refractivity contribution in [3.8, 4) is 21.1 Å². The van der Waals surface area contributed by atoms with E-state index in [0.29, 0.717) is 0 Å². The Morgan fingerprint density at radius 3 is 1.71 bits per heavy atom. The fourth-order valence-corrected chi connectivity index (χ4v) is 5.50. The molecule has 0 amide bonds. The highest BCUT2D eigenvalue weighted by Gasteiger charge is 2.24. The molecule has 3 nitrogen and oxygen atoms in total. The van der Waals surface area contributed by atoms with Crippen LogP contribution in [-0.2, 0) is 4.74 Å². The Labute approximate surface area is 176 Å². The normalized spacial score (nSPS) is 11.7. The molecule has 0 N–H and O–H groups in total. The van der Waals surface area contributed by atoms with E-state index < -0.39 is 5.60 Å². The van der Waals surface area contributed by atoms with Gasteiger partial charge in [-0.05, 0) is 102 Å². The van der Waals surface area contributed by atoms with Crippen molar-refractivity contribution in [1.29, 1.82) is 0 Å². The van der Waals surface area contributed by atoms with Gasteiger partial charge in [0.05, 0.1) is 26.9 Å². The van der Waals surface area contributed by atoms with Gasteiger partial charge in [0.15, 0.2) is 0 Å². The summed E-state index contributed by atoms with van der Waals surface area (Å²) in [6, 6.07) is 12.2. The second kappa shape index (κ2) is 7.08. The third kappa shape index (κ3) is 4.05. The Kier molecular flexibility index (Phi) is 5.43. The maximum Gasteiger partial charge on any atom is 0.419 e. The summed E-state index contributed by atoms with van der Waals surface area (Å²) in [4.78, 5) is 15.0. The zero-order valence-corrected chi connectivity index (χ0v) is 19.2. The summed E-state index contributed by atoms with van der Waals surface area (Å²) in [5.74, 6) is 0.